The van der Waals surface area contributed by atoms with E-state index < -0.39 is 0 Å². The molecule has 0 aromatic carbocycles. The zero-order chi connectivity index (χ0) is 12.8. The van der Waals surface area contributed by atoms with Crippen molar-refractivity contribution in [1.82, 2.24) is 10.3 Å². The van der Waals surface area contributed by atoms with Gasteiger partial charge in [0.05, 0.1) is 0 Å². The van der Waals surface area contributed by atoms with E-state index in [1.54, 1.807) is 6.07 Å². The maximum absolute atomic E-state index is 11.9. The van der Waals surface area contributed by atoms with E-state index in [-0.39, 0.29) is 11.8 Å². The lowest BCUT2D eigenvalue weighted by molar-refractivity contribution is 0.0953. The number of nitrogen functional groups attached to an aromatic ring is 1. The normalized spacial score (nSPS) is 10.6. The van der Waals surface area contributed by atoms with Gasteiger partial charge in [0.25, 0.3) is 5.91 Å². The minimum atomic E-state index is -0.0746. The van der Waals surface area contributed by atoms with Crippen LogP contribution in [0.1, 0.15) is 55.6 Å². The number of aromatic nitrogens is 1. The van der Waals surface area contributed by atoms with Crippen LogP contribution in [0.5, 0.6) is 0 Å². The van der Waals surface area contributed by atoms with Gasteiger partial charge in [0.1, 0.15) is 5.82 Å². The number of hydrogen-bond donors (Lipinski definition) is 2. The number of carbonyl (C=O) groups is 1. The van der Waals surface area contributed by atoms with Gasteiger partial charge in [0.15, 0.2) is 0 Å². The van der Waals surface area contributed by atoms with Crippen molar-refractivity contribution < 1.29 is 4.79 Å². The van der Waals surface area contributed by atoms with Crippen LogP contribution in [-0.4, -0.2) is 17.4 Å². The maximum Gasteiger partial charge on any atom is 0.251 e. The first kappa shape index (κ1) is 13.5. The molecule has 94 valence electrons. The second-order valence-corrected chi connectivity index (χ2v) is 4.47. The first-order chi connectivity index (χ1) is 8.04. The number of unbranched alkanes of at least 4 members (excludes halogenated alkanes) is 1. The van der Waals surface area contributed by atoms with E-state index in [4.69, 9.17) is 5.73 Å². The Hall–Kier alpha value is -1.58. The van der Waals surface area contributed by atoms with Crippen LogP contribution < -0.4 is 11.1 Å². The van der Waals surface area contributed by atoms with Gasteiger partial charge in [-0.25, -0.2) is 4.98 Å². The fourth-order valence-corrected chi connectivity index (χ4v) is 1.48. The molecule has 1 heterocycles. The summed E-state index contributed by atoms with van der Waals surface area (Å²) in [6.07, 6.45) is 2.05. The van der Waals surface area contributed by atoms with Crippen molar-refractivity contribution in [2.45, 2.75) is 39.5 Å². The van der Waals surface area contributed by atoms with E-state index in [1.165, 1.54) is 0 Å². The molecule has 17 heavy (non-hydrogen) atoms. The molecule has 4 nitrogen and oxygen atoms in total. The molecule has 0 radical (unpaired) electrons. The van der Waals surface area contributed by atoms with Crippen molar-refractivity contribution in [3.63, 3.8) is 0 Å². The van der Waals surface area contributed by atoms with Crippen LogP contribution in [0.15, 0.2) is 12.1 Å². The van der Waals surface area contributed by atoms with Gasteiger partial charge in [-0.3, -0.25) is 4.79 Å². The van der Waals surface area contributed by atoms with E-state index in [0.29, 0.717) is 17.9 Å². The minimum Gasteiger partial charge on any atom is -0.384 e. The average Bonchev–Trinajstić information content (AvgIpc) is 2.28. The Morgan fingerprint density at radius 2 is 2.18 bits per heavy atom. The van der Waals surface area contributed by atoms with Gasteiger partial charge < -0.3 is 11.1 Å². The van der Waals surface area contributed by atoms with Crippen molar-refractivity contribution in [3.05, 3.63) is 23.4 Å². The van der Waals surface area contributed by atoms with Crippen LogP contribution in [0.4, 0.5) is 5.82 Å². The van der Waals surface area contributed by atoms with Crippen LogP contribution in [0.25, 0.3) is 0 Å². The summed E-state index contributed by atoms with van der Waals surface area (Å²) in [5, 5.41) is 2.87. The highest BCUT2D eigenvalue weighted by atomic mass is 16.1. The topological polar surface area (TPSA) is 68.0 Å². The average molecular weight is 235 g/mol. The third-order valence-corrected chi connectivity index (χ3v) is 2.53. The molecule has 0 aliphatic carbocycles. The Labute approximate surface area is 103 Å². The first-order valence-electron chi connectivity index (χ1n) is 6.10. The van der Waals surface area contributed by atoms with Crippen molar-refractivity contribution in [2.75, 3.05) is 12.3 Å². The van der Waals surface area contributed by atoms with Crippen molar-refractivity contribution in [3.8, 4) is 0 Å². The molecule has 0 atom stereocenters. The van der Waals surface area contributed by atoms with E-state index in [2.05, 4.69) is 17.2 Å². The number of nitrogens with zero attached hydrogens (tertiary/aromatic N) is 1. The number of amides is 1. The molecule has 0 aliphatic rings. The van der Waals surface area contributed by atoms with Crippen LogP contribution in [0, 0.1) is 0 Å². The van der Waals surface area contributed by atoms with Gasteiger partial charge in [-0.2, -0.15) is 0 Å². The zero-order valence-corrected chi connectivity index (χ0v) is 10.8. The van der Waals surface area contributed by atoms with Gasteiger partial charge in [0.2, 0.25) is 0 Å². The van der Waals surface area contributed by atoms with Gasteiger partial charge in [-0.05, 0) is 24.5 Å². The summed E-state index contributed by atoms with van der Waals surface area (Å²) in [7, 11) is 0. The Bertz CT molecular complexity index is 388. The van der Waals surface area contributed by atoms with Crippen molar-refractivity contribution in [1.29, 1.82) is 0 Å². The largest absolute Gasteiger partial charge is 0.384 e. The maximum atomic E-state index is 11.9. The fraction of sp³-hybridized carbons (Fsp3) is 0.538. The molecule has 3 N–H and O–H groups in total. The fourth-order valence-electron chi connectivity index (χ4n) is 1.48. The Morgan fingerprint density at radius 1 is 1.47 bits per heavy atom. The minimum absolute atomic E-state index is 0.0746. The van der Waals surface area contributed by atoms with Gasteiger partial charge in [-0.1, -0.05) is 27.2 Å². The molecule has 0 fully saturated rings. The first-order valence-corrected chi connectivity index (χ1v) is 6.10. The molecule has 0 unspecified atom stereocenters. The summed E-state index contributed by atoms with van der Waals surface area (Å²) >= 11 is 0. The molecule has 0 saturated heterocycles. The molecule has 0 aliphatic heterocycles. The van der Waals surface area contributed by atoms with Crippen LogP contribution >= 0.6 is 0 Å². The number of rotatable bonds is 5. The Balaban J connectivity index is 2.79. The predicted octanol–water partition coefficient (Wildman–Crippen LogP) is 2.32. The summed E-state index contributed by atoms with van der Waals surface area (Å²) in [5.41, 5.74) is 7.15. The second-order valence-electron chi connectivity index (χ2n) is 4.47. The predicted molar refractivity (Wildman–Crippen MR) is 70.0 cm³/mol. The third-order valence-electron chi connectivity index (χ3n) is 2.53. The lowest BCUT2D eigenvalue weighted by Gasteiger charge is -2.09. The molecular formula is C13H21N3O. The number of hydrogen-bond acceptors (Lipinski definition) is 3. The van der Waals surface area contributed by atoms with E-state index >= 15 is 0 Å². The van der Waals surface area contributed by atoms with Gasteiger partial charge in [0, 0.05) is 17.8 Å². The molecule has 4 heteroatoms. The van der Waals surface area contributed by atoms with E-state index in [0.717, 1.165) is 18.5 Å². The standard InChI is InChI=1S/C13H21N3O/c1-4-5-6-15-13(17)10-7-11(9(2)3)16-12(14)8-10/h7-9H,4-6H2,1-3H3,(H2,14,16)(H,15,17). The molecule has 1 aromatic rings. The Kier molecular flexibility index (Phi) is 4.94. The van der Waals surface area contributed by atoms with E-state index in [1.807, 2.05) is 19.9 Å². The number of carbonyl (C=O) groups excluding carboxylic acids is 1. The quantitative estimate of drug-likeness (QED) is 0.769. The number of nitrogens with two attached hydrogens (primary N) is 1. The summed E-state index contributed by atoms with van der Waals surface area (Å²) in [5.74, 6) is 0.590. The molecule has 1 amide bonds. The smallest absolute Gasteiger partial charge is 0.251 e. The summed E-state index contributed by atoms with van der Waals surface area (Å²) in [6.45, 7) is 6.85. The summed E-state index contributed by atoms with van der Waals surface area (Å²) in [6, 6.07) is 3.43. The van der Waals surface area contributed by atoms with E-state index in [9.17, 15) is 4.79 Å². The highest BCUT2D eigenvalue weighted by Crippen LogP contribution is 2.15. The highest BCUT2D eigenvalue weighted by molar-refractivity contribution is 5.94. The van der Waals surface area contributed by atoms with Crippen LogP contribution in [0.2, 0.25) is 0 Å². The lowest BCUT2D eigenvalue weighted by Crippen LogP contribution is -2.24. The highest BCUT2D eigenvalue weighted by Gasteiger charge is 2.10. The molecule has 1 rings (SSSR count). The van der Waals surface area contributed by atoms with Crippen LogP contribution in [0.3, 0.4) is 0 Å². The molecule has 0 spiro atoms. The van der Waals surface area contributed by atoms with Crippen molar-refractivity contribution in [2.24, 2.45) is 0 Å². The zero-order valence-electron chi connectivity index (χ0n) is 10.8. The monoisotopic (exact) mass is 235 g/mol. The van der Waals surface area contributed by atoms with Crippen molar-refractivity contribution >= 4 is 11.7 Å². The summed E-state index contributed by atoms with van der Waals surface area (Å²) in [4.78, 5) is 16.1. The number of nitrogens with one attached hydrogen (secondary N) is 1. The third kappa shape index (κ3) is 4.06. The molecular weight excluding hydrogens is 214 g/mol. The number of pyridine rings is 1. The van der Waals surface area contributed by atoms with Gasteiger partial charge in [-0.15, -0.1) is 0 Å². The molecule has 0 saturated carbocycles. The summed E-state index contributed by atoms with van der Waals surface area (Å²) < 4.78 is 0. The SMILES string of the molecule is CCCCNC(=O)c1cc(N)nc(C(C)C)c1. The molecule has 1 aromatic heterocycles. The molecule has 0 bridgehead atoms. The Morgan fingerprint density at radius 3 is 2.76 bits per heavy atom. The lowest BCUT2D eigenvalue weighted by atomic mass is 10.1. The number of anilines is 1. The van der Waals surface area contributed by atoms with Crippen LogP contribution in [-0.2, 0) is 0 Å². The second kappa shape index (κ2) is 6.23. The van der Waals surface area contributed by atoms with Gasteiger partial charge >= 0.3 is 0 Å².